The number of amides is 3. The number of benzene rings is 1. The van der Waals surface area contributed by atoms with Crippen LogP contribution in [0.2, 0.25) is 0 Å². The van der Waals surface area contributed by atoms with Gasteiger partial charge in [-0.15, -0.1) is 0 Å². The average molecular weight is 500 g/mol. The summed E-state index contributed by atoms with van der Waals surface area (Å²) in [7, 11) is 1.86. The smallest absolute Gasteiger partial charge is 0.411 e. The van der Waals surface area contributed by atoms with Gasteiger partial charge in [0.2, 0.25) is 11.8 Å². The Balaban J connectivity index is 1.43. The van der Waals surface area contributed by atoms with Gasteiger partial charge in [0.15, 0.2) is 0 Å². The molecular weight excluding hydrogens is 465 g/mol. The number of likely N-dealkylation sites (N-methyl/N-ethyl adjacent to an activating group) is 1. The largest absolute Gasteiger partial charge is 0.444 e. The molecule has 1 aliphatic carbocycles. The second-order valence-electron chi connectivity index (χ2n) is 11.0. The van der Waals surface area contributed by atoms with Crippen molar-refractivity contribution < 1.29 is 23.5 Å². The SMILES string of the molecule is CN1CCN(c2ccc(C[C@@H](C#N)NC(=O)[C@@H]3[C@H]4CC[C@H](C4)N3C(=O)OC(C)(C)C)c(F)c2)C(=O)C1. The molecule has 2 bridgehead atoms. The van der Waals surface area contributed by atoms with Gasteiger partial charge < -0.3 is 15.0 Å². The zero-order valence-corrected chi connectivity index (χ0v) is 21.3. The molecule has 1 aromatic rings. The maximum Gasteiger partial charge on any atom is 0.411 e. The molecule has 3 aliphatic rings. The molecule has 194 valence electrons. The second kappa shape index (κ2) is 10.1. The first kappa shape index (κ1) is 25.9. The monoisotopic (exact) mass is 499 g/mol. The number of carbonyl (C=O) groups excluding carboxylic acids is 3. The van der Waals surface area contributed by atoms with Gasteiger partial charge in [0.1, 0.15) is 23.5 Å². The third kappa shape index (κ3) is 5.46. The topological polar surface area (TPSA) is 106 Å². The fourth-order valence-corrected chi connectivity index (χ4v) is 5.44. The lowest BCUT2D eigenvalue weighted by molar-refractivity contribution is -0.128. The van der Waals surface area contributed by atoms with E-state index in [2.05, 4.69) is 5.32 Å². The molecule has 0 radical (unpaired) electrons. The summed E-state index contributed by atoms with van der Waals surface area (Å²) in [5, 5.41) is 12.4. The number of anilines is 1. The highest BCUT2D eigenvalue weighted by molar-refractivity contribution is 5.95. The second-order valence-corrected chi connectivity index (χ2v) is 11.0. The van der Waals surface area contributed by atoms with E-state index in [1.165, 1.54) is 11.0 Å². The lowest BCUT2D eigenvalue weighted by Gasteiger charge is -2.35. The summed E-state index contributed by atoms with van der Waals surface area (Å²) in [4.78, 5) is 43.4. The number of fused-ring (bicyclic) bond motifs is 2. The van der Waals surface area contributed by atoms with Crippen molar-refractivity contribution in [2.45, 2.75) is 70.2 Å². The summed E-state index contributed by atoms with van der Waals surface area (Å²) in [5.41, 5.74) is 0.0547. The van der Waals surface area contributed by atoms with Crippen molar-refractivity contribution in [2.24, 2.45) is 5.92 Å². The molecule has 4 atom stereocenters. The van der Waals surface area contributed by atoms with Crippen molar-refractivity contribution in [3.63, 3.8) is 0 Å². The van der Waals surface area contributed by atoms with Gasteiger partial charge in [-0.05, 0) is 70.7 Å². The molecule has 0 aromatic heterocycles. The van der Waals surface area contributed by atoms with Crippen LogP contribution in [0.3, 0.4) is 0 Å². The number of carbonyl (C=O) groups is 3. The summed E-state index contributed by atoms with van der Waals surface area (Å²) in [6.45, 7) is 6.78. The van der Waals surface area contributed by atoms with Crippen LogP contribution >= 0.6 is 0 Å². The van der Waals surface area contributed by atoms with Crippen molar-refractivity contribution in [3.8, 4) is 6.07 Å². The highest BCUT2D eigenvalue weighted by Gasteiger charge is 2.52. The first-order valence-corrected chi connectivity index (χ1v) is 12.5. The van der Waals surface area contributed by atoms with Crippen molar-refractivity contribution in [2.75, 3.05) is 31.6 Å². The van der Waals surface area contributed by atoms with Crippen molar-refractivity contribution in [3.05, 3.63) is 29.6 Å². The van der Waals surface area contributed by atoms with Gasteiger partial charge in [-0.2, -0.15) is 5.26 Å². The van der Waals surface area contributed by atoms with E-state index in [1.54, 1.807) is 37.8 Å². The van der Waals surface area contributed by atoms with Crippen molar-refractivity contribution in [1.29, 1.82) is 5.26 Å². The molecular formula is C26H34FN5O4. The normalized spacial score (nSPS) is 25.0. The Hall–Kier alpha value is -3.19. The molecule has 3 amide bonds. The zero-order valence-electron chi connectivity index (χ0n) is 21.3. The Bertz CT molecular complexity index is 1080. The number of piperidine rings is 1. The first-order valence-electron chi connectivity index (χ1n) is 12.5. The molecule has 0 spiro atoms. The quantitative estimate of drug-likeness (QED) is 0.667. The van der Waals surface area contributed by atoms with Gasteiger partial charge in [0, 0.05) is 31.2 Å². The van der Waals surface area contributed by atoms with Crippen LogP contribution in [0.25, 0.3) is 0 Å². The molecule has 1 aromatic carbocycles. The highest BCUT2D eigenvalue weighted by atomic mass is 19.1. The van der Waals surface area contributed by atoms with E-state index in [-0.39, 0.29) is 36.4 Å². The van der Waals surface area contributed by atoms with Crippen LogP contribution in [0.4, 0.5) is 14.9 Å². The molecule has 2 saturated heterocycles. The number of nitrogens with zero attached hydrogens (tertiary/aromatic N) is 4. The Morgan fingerprint density at radius 3 is 2.67 bits per heavy atom. The summed E-state index contributed by atoms with van der Waals surface area (Å²) in [6.07, 6.45) is 1.83. The molecule has 2 aliphatic heterocycles. The van der Waals surface area contributed by atoms with Gasteiger partial charge in [-0.1, -0.05) is 6.07 Å². The van der Waals surface area contributed by atoms with Gasteiger partial charge in [-0.25, -0.2) is 9.18 Å². The minimum atomic E-state index is -0.970. The predicted molar refractivity (Wildman–Crippen MR) is 130 cm³/mol. The average Bonchev–Trinajstić information content (AvgIpc) is 3.40. The van der Waals surface area contributed by atoms with Gasteiger partial charge in [-0.3, -0.25) is 19.4 Å². The van der Waals surface area contributed by atoms with Crippen LogP contribution in [0, 0.1) is 23.1 Å². The van der Waals surface area contributed by atoms with Crippen LogP contribution < -0.4 is 10.2 Å². The van der Waals surface area contributed by atoms with E-state index in [0.717, 1.165) is 19.3 Å². The summed E-state index contributed by atoms with van der Waals surface area (Å²) in [5.74, 6) is -1.04. The third-order valence-electron chi connectivity index (χ3n) is 7.11. The lowest BCUT2D eigenvalue weighted by atomic mass is 9.97. The van der Waals surface area contributed by atoms with Crippen LogP contribution in [0.1, 0.15) is 45.6 Å². The number of likely N-dealkylation sites (tertiary alicyclic amines) is 1. The molecule has 10 heteroatoms. The van der Waals surface area contributed by atoms with Gasteiger partial charge in [0.05, 0.1) is 12.6 Å². The van der Waals surface area contributed by atoms with E-state index in [0.29, 0.717) is 18.8 Å². The molecule has 2 heterocycles. The number of halogens is 1. The number of hydrogen-bond donors (Lipinski definition) is 1. The van der Waals surface area contributed by atoms with Crippen LogP contribution in [-0.2, 0) is 20.7 Å². The number of ether oxygens (including phenoxy) is 1. The van der Waals surface area contributed by atoms with Crippen molar-refractivity contribution >= 4 is 23.6 Å². The third-order valence-corrected chi connectivity index (χ3v) is 7.11. The number of piperazine rings is 1. The molecule has 9 nitrogen and oxygen atoms in total. The Labute approximate surface area is 211 Å². The molecule has 0 unspecified atom stereocenters. The Morgan fingerprint density at radius 1 is 1.28 bits per heavy atom. The number of hydrogen-bond acceptors (Lipinski definition) is 6. The predicted octanol–water partition coefficient (Wildman–Crippen LogP) is 2.44. The van der Waals surface area contributed by atoms with E-state index < -0.39 is 35.5 Å². The molecule has 1 saturated carbocycles. The van der Waals surface area contributed by atoms with Crippen LogP contribution in [0.15, 0.2) is 18.2 Å². The number of nitrogens with one attached hydrogen (secondary N) is 1. The number of nitriles is 1. The maximum absolute atomic E-state index is 15.0. The minimum absolute atomic E-state index is 0.0130. The van der Waals surface area contributed by atoms with E-state index >= 15 is 0 Å². The Morgan fingerprint density at radius 2 is 2.03 bits per heavy atom. The fraction of sp³-hybridized carbons (Fsp3) is 0.615. The van der Waals surface area contributed by atoms with Crippen LogP contribution in [0.5, 0.6) is 0 Å². The fourth-order valence-electron chi connectivity index (χ4n) is 5.44. The van der Waals surface area contributed by atoms with E-state index in [4.69, 9.17) is 4.74 Å². The molecule has 36 heavy (non-hydrogen) atoms. The standard InChI is InChI=1S/C26H34FN5O4/c1-26(2,3)36-25(35)32-20-8-6-17(12-20)23(32)24(34)29-18(14-28)11-16-5-7-19(13-21(16)27)31-10-9-30(4)15-22(31)33/h5,7,13,17-18,20,23H,6,8-12,15H2,1-4H3,(H,29,34)/t17-,18-,20+,23-/m0/s1. The highest BCUT2D eigenvalue weighted by Crippen LogP contribution is 2.43. The van der Waals surface area contributed by atoms with Crippen molar-refractivity contribution in [1.82, 2.24) is 15.1 Å². The zero-order chi connectivity index (χ0) is 26.2. The van der Waals surface area contributed by atoms with Gasteiger partial charge >= 0.3 is 6.09 Å². The summed E-state index contributed by atoms with van der Waals surface area (Å²) < 4.78 is 20.5. The van der Waals surface area contributed by atoms with Crippen LogP contribution in [-0.4, -0.2) is 78.1 Å². The first-order chi connectivity index (χ1) is 17.0. The maximum atomic E-state index is 15.0. The molecule has 4 rings (SSSR count). The number of rotatable bonds is 5. The minimum Gasteiger partial charge on any atom is -0.444 e. The van der Waals surface area contributed by atoms with E-state index in [9.17, 15) is 24.0 Å². The molecule has 1 N–H and O–H groups in total. The molecule has 3 fully saturated rings. The Kier molecular flexibility index (Phi) is 7.23. The van der Waals surface area contributed by atoms with E-state index in [1.807, 2.05) is 18.0 Å². The van der Waals surface area contributed by atoms with Gasteiger partial charge in [0.25, 0.3) is 0 Å². The lowest BCUT2D eigenvalue weighted by Crippen LogP contribution is -2.55. The summed E-state index contributed by atoms with van der Waals surface area (Å²) >= 11 is 0. The summed E-state index contributed by atoms with van der Waals surface area (Å²) in [6, 6.07) is 4.84.